The van der Waals surface area contributed by atoms with Gasteiger partial charge in [-0.1, -0.05) is 30.3 Å². The van der Waals surface area contributed by atoms with E-state index in [9.17, 15) is 9.59 Å². The van der Waals surface area contributed by atoms with E-state index >= 15 is 0 Å². The molecule has 0 radical (unpaired) electrons. The lowest BCUT2D eigenvalue weighted by Gasteiger charge is -2.27. The summed E-state index contributed by atoms with van der Waals surface area (Å²) >= 11 is 0. The first kappa shape index (κ1) is 19.8. The maximum atomic E-state index is 12.3. The first-order chi connectivity index (χ1) is 13.6. The van der Waals surface area contributed by atoms with Gasteiger partial charge >= 0.3 is 5.97 Å². The maximum absolute atomic E-state index is 12.3. The van der Waals surface area contributed by atoms with Crippen molar-refractivity contribution in [1.29, 1.82) is 0 Å². The van der Waals surface area contributed by atoms with Gasteiger partial charge in [-0.05, 0) is 31.0 Å². The number of morpholine rings is 1. The number of pyridine rings is 1. The molecule has 1 N–H and O–H groups in total. The van der Waals surface area contributed by atoms with Crippen LogP contribution in [0.4, 0.5) is 5.82 Å². The van der Waals surface area contributed by atoms with Gasteiger partial charge in [-0.25, -0.2) is 9.78 Å². The Morgan fingerprint density at radius 1 is 1.18 bits per heavy atom. The second-order valence-electron chi connectivity index (χ2n) is 6.58. The highest BCUT2D eigenvalue weighted by atomic mass is 16.5. The van der Waals surface area contributed by atoms with Crippen molar-refractivity contribution in [3.63, 3.8) is 0 Å². The molecule has 2 aromatic rings. The van der Waals surface area contributed by atoms with E-state index in [1.165, 1.54) is 6.20 Å². The minimum Gasteiger partial charge on any atom is -0.449 e. The summed E-state index contributed by atoms with van der Waals surface area (Å²) in [6, 6.07) is 13.3. The van der Waals surface area contributed by atoms with Gasteiger partial charge < -0.3 is 19.7 Å². The van der Waals surface area contributed by atoms with Crippen molar-refractivity contribution in [3.05, 3.63) is 59.8 Å². The SMILES string of the molecule is CC(OC(=O)c1ccc(N2CCOCC2)nc1)C(=O)NCCc1ccccc1. The Labute approximate surface area is 164 Å². The van der Waals surface area contributed by atoms with E-state index in [-0.39, 0.29) is 5.91 Å². The Morgan fingerprint density at radius 3 is 2.61 bits per heavy atom. The molecule has 1 saturated heterocycles. The molecule has 0 bridgehead atoms. The predicted octanol–water partition coefficient (Wildman–Crippen LogP) is 1.82. The van der Waals surface area contributed by atoms with Gasteiger partial charge in [0.1, 0.15) is 5.82 Å². The molecule has 1 aliphatic rings. The first-order valence-electron chi connectivity index (χ1n) is 9.45. The average molecular weight is 383 g/mol. The molecule has 0 aliphatic carbocycles. The number of benzene rings is 1. The summed E-state index contributed by atoms with van der Waals surface area (Å²) in [4.78, 5) is 30.8. The number of ether oxygens (including phenoxy) is 2. The third-order valence-electron chi connectivity index (χ3n) is 4.53. The summed E-state index contributed by atoms with van der Waals surface area (Å²) in [5, 5.41) is 2.79. The average Bonchev–Trinajstić information content (AvgIpc) is 2.75. The molecule has 1 unspecified atom stereocenters. The van der Waals surface area contributed by atoms with Crippen LogP contribution in [-0.2, 0) is 20.7 Å². The third kappa shape index (κ3) is 5.53. The van der Waals surface area contributed by atoms with E-state index in [1.54, 1.807) is 19.1 Å². The normalized spacial score (nSPS) is 15.0. The second-order valence-corrected chi connectivity index (χ2v) is 6.58. The van der Waals surface area contributed by atoms with Crippen molar-refractivity contribution < 1.29 is 19.1 Å². The highest BCUT2D eigenvalue weighted by Gasteiger charge is 2.19. The fourth-order valence-electron chi connectivity index (χ4n) is 2.89. The zero-order chi connectivity index (χ0) is 19.8. The number of anilines is 1. The molecule has 0 saturated carbocycles. The standard InChI is InChI=1S/C21H25N3O4/c1-16(20(25)22-10-9-17-5-3-2-4-6-17)28-21(26)18-7-8-19(23-15-18)24-11-13-27-14-12-24/h2-8,15-16H,9-14H2,1H3,(H,22,25). The molecule has 148 valence electrons. The van der Waals surface area contributed by atoms with Crippen molar-refractivity contribution in [2.75, 3.05) is 37.7 Å². The van der Waals surface area contributed by atoms with Gasteiger partial charge in [-0.15, -0.1) is 0 Å². The summed E-state index contributed by atoms with van der Waals surface area (Å²) in [6.45, 7) is 4.94. The smallest absolute Gasteiger partial charge is 0.340 e. The van der Waals surface area contributed by atoms with Crippen LogP contribution in [0.5, 0.6) is 0 Å². The van der Waals surface area contributed by atoms with Crippen molar-refractivity contribution in [2.45, 2.75) is 19.4 Å². The van der Waals surface area contributed by atoms with Crippen LogP contribution in [0, 0.1) is 0 Å². The van der Waals surface area contributed by atoms with E-state index < -0.39 is 12.1 Å². The molecule has 1 aromatic heterocycles. The molecular weight excluding hydrogens is 358 g/mol. The summed E-state index contributed by atoms with van der Waals surface area (Å²) in [5.41, 5.74) is 1.46. The van der Waals surface area contributed by atoms with Gasteiger partial charge in [0.15, 0.2) is 6.10 Å². The number of nitrogens with zero attached hydrogens (tertiary/aromatic N) is 2. The lowest BCUT2D eigenvalue weighted by Crippen LogP contribution is -2.37. The van der Waals surface area contributed by atoms with Gasteiger partial charge in [0.25, 0.3) is 5.91 Å². The first-order valence-corrected chi connectivity index (χ1v) is 9.45. The van der Waals surface area contributed by atoms with Crippen LogP contribution in [0.15, 0.2) is 48.7 Å². The van der Waals surface area contributed by atoms with Crippen LogP contribution in [-0.4, -0.2) is 55.8 Å². The van der Waals surface area contributed by atoms with Gasteiger partial charge in [0.2, 0.25) is 0 Å². The molecule has 3 rings (SSSR count). The van der Waals surface area contributed by atoms with Crippen LogP contribution in [0.2, 0.25) is 0 Å². The molecule has 7 heteroatoms. The Bertz CT molecular complexity index is 774. The summed E-state index contributed by atoms with van der Waals surface area (Å²) in [7, 11) is 0. The van der Waals surface area contributed by atoms with Crippen molar-refractivity contribution in [2.24, 2.45) is 0 Å². The Balaban J connectivity index is 1.45. The monoisotopic (exact) mass is 383 g/mol. The number of hydrogen-bond acceptors (Lipinski definition) is 6. The van der Waals surface area contributed by atoms with Crippen LogP contribution in [0.25, 0.3) is 0 Å². The Hall–Kier alpha value is -2.93. The van der Waals surface area contributed by atoms with E-state index in [0.29, 0.717) is 25.3 Å². The second kappa shape index (κ2) is 9.85. The van der Waals surface area contributed by atoms with Gasteiger partial charge in [0, 0.05) is 25.8 Å². The molecule has 1 atom stereocenters. The summed E-state index contributed by atoms with van der Waals surface area (Å²) < 4.78 is 10.6. The number of amides is 1. The zero-order valence-electron chi connectivity index (χ0n) is 16.0. The lowest BCUT2D eigenvalue weighted by molar-refractivity contribution is -0.129. The topological polar surface area (TPSA) is 80.8 Å². The number of aromatic nitrogens is 1. The summed E-state index contributed by atoms with van der Waals surface area (Å²) in [6.07, 6.45) is 1.33. The highest BCUT2D eigenvalue weighted by Crippen LogP contribution is 2.14. The fraction of sp³-hybridized carbons (Fsp3) is 0.381. The fourth-order valence-corrected chi connectivity index (χ4v) is 2.89. The van der Waals surface area contributed by atoms with Crippen molar-refractivity contribution in [3.8, 4) is 0 Å². The highest BCUT2D eigenvalue weighted by molar-refractivity contribution is 5.92. The van der Waals surface area contributed by atoms with E-state index in [1.807, 2.05) is 30.3 Å². The van der Waals surface area contributed by atoms with Gasteiger partial charge in [-0.2, -0.15) is 0 Å². The number of esters is 1. The third-order valence-corrected chi connectivity index (χ3v) is 4.53. The molecule has 7 nitrogen and oxygen atoms in total. The molecule has 2 heterocycles. The molecule has 1 fully saturated rings. The molecule has 0 spiro atoms. The van der Waals surface area contributed by atoms with E-state index in [0.717, 1.165) is 30.9 Å². The molecule has 1 aliphatic heterocycles. The molecule has 1 amide bonds. The van der Waals surface area contributed by atoms with Crippen LogP contribution >= 0.6 is 0 Å². The van der Waals surface area contributed by atoms with Gasteiger partial charge in [0.05, 0.1) is 18.8 Å². The number of nitrogens with one attached hydrogen (secondary N) is 1. The Morgan fingerprint density at radius 2 is 1.93 bits per heavy atom. The van der Waals surface area contributed by atoms with E-state index in [4.69, 9.17) is 9.47 Å². The lowest BCUT2D eigenvalue weighted by atomic mass is 10.1. The van der Waals surface area contributed by atoms with Crippen LogP contribution < -0.4 is 10.2 Å². The van der Waals surface area contributed by atoms with Crippen molar-refractivity contribution in [1.82, 2.24) is 10.3 Å². The molecule has 1 aromatic carbocycles. The predicted molar refractivity (Wildman–Crippen MR) is 105 cm³/mol. The zero-order valence-corrected chi connectivity index (χ0v) is 16.0. The largest absolute Gasteiger partial charge is 0.449 e. The Kier molecular flexibility index (Phi) is 6.97. The van der Waals surface area contributed by atoms with Crippen LogP contribution in [0.1, 0.15) is 22.8 Å². The van der Waals surface area contributed by atoms with Crippen LogP contribution in [0.3, 0.4) is 0 Å². The number of carbonyl (C=O) groups excluding carboxylic acids is 2. The molecule has 28 heavy (non-hydrogen) atoms. The minimum atomic E-state index is -0.873. The summed E-state index contributed by atoms with van der Waals surface area (Å²) in [5.74, 6) is -0.0829. The minimum absolute atomic E-state index is 0.317. The quantitative estimate of drug-likeness (QED) is 0.735. The number of hydrogen-bond donors (Lipinski definition) is 1. The van der Waals surface area contributed by atoms with Crippen molar-refractivity contribution >= 4 is 17.7 Å². The number of rotatable bonds is 7. The van der Waals surface area contributed by atoms with E-state index in [2.05, 4.69) is 15.2 Å². The van der Waals surface area contributed by atoms with Gasteiger partial charge in [-0.3, -0.25) is 4.79 Å². The number of carbonyl (C=O) groups is 2. The molecular formula is C21H25N3O4. The maximum Gasteiger partial charge on any atom is 0.340 e.